The average molecular weight is 328 g/mol. The van der Waals surface area contributed by atoms with Gasteiger partial charge in [-0.05, 0) is 12.1 Å². The summed E-state index contributed by atoms with van der Waals surface area (Å²) in [7, 11) is -4.51. The summed E-state index contributed by atoms with van der Waals surface area (Å²) < 4.78 is 62.3. The Labute approximate surface area is 117 Å². The van der Waals surface area contributed by atoms with Gasteiger partial charge in [-0.25, -0.2) is 17.2 Å². The lowest BCUT2D eigenvalue weighted by Gasteiger charge is -2.20. The third kappa shape index (κ3) is 4.12. The number of sulfonamides is 1. The molecule has 11 heteroatoms. The van der Waals surface area contributed by atoms with E-state index < -0.39 is 57.5 Å². The zero-order valence-corrected chi connectivity index (χ0v) is 11.3. The topological polar surface area (TPSA) is 101 Å². The van der Waals surface area contributed by atoms with E-state index in [2.05, 4.69) is 0 Å². The van der Waals surface area contributed by atoms with Gasteiger partial charge in [-0.1, -0.05) is 0 Å². The Hall–Kier alpha value is -1.72. The average Bonchev–Trinajstić information content (AvgIpc) is 2.37. The van der Waals surface area contributed by atoms with Crippen LogP contribution in [0.5, 0.6) is 0 Å². The van der Waals surface area contributed by atoms with Crippen molar-refractivity contribution in [2.24, 2.45) is 0 Å². The summed E-state index contributed by atoms with van der Waals surface area (Å²) in [6.07, 6.45) is -3.00. The first kappa shape index (κ1) is 17.3. The van der Waals surface area contributed by atoms with E-state index in [1.807, 2.05) is 0 Å². The minimum absolute atomic E-state index is 0.272. The molecule has 0 saturated heterocycles. The third-order valence-corrected chi connectivity index (χ3v) is 4.30. The minimum Gasteiger partial charge on any atom is -0.395 e. The lowest BCUT2D eigenvalue weighted by atomic mass is 10.3. The molecule has 0 aliphatic heterocycles. The summed E-state index contributed by atoms with van der Waals surface area (Å²) >= 11 is 0. The molecule has 118 valence electrons. The molecule has 1 aromatic carbocycles. The Bertz CT molecular complexity index is 623. The van der Waals surface area contributed by atoms with Crippen LogP contribution in [0, 0.1) is 15.9 Å². The standard InChI is InChI=1S/C10H11F3N2O5S/c11-8-2-1-7(5-9(8)15(17)18)21(19,20)14(3-4-16)6-10(12)13/h1-2,5,10,16H,3-4,6H2. The summed E-state index contributed by atoms with van der Waals surface area (Å²) in [5.41, 5.74) is -1.09. The predicted octanol–water partition coefficient (Wildman–Crippen LogP) is 0.982. The van der Waals surface area contributed by atoms with Gasteiger partial charge in [0.25, 0.3) is 6.43 Å². The van der Waals surface area contributed by atoms with Gasteiger partial charge in [-0.2, -0.15) is 8.70 Å². The van der Waals surface area contributed by atoms with Crippen molar-refractivity contribution in [1.82, 2.24) is 4.31 Å². The maximum atomic E-state index is 13.2. The molecule has 0 unspecified atom stereocenters. The van der Waals surface area contributed by atoms with Crippen LogP contribution in [0.15, 0.2) is 23.1 Å². The molecule has 0 fully saturated rings. The maximum Gasteiger partial charge on any atom is 0.306 e. The first-order valence-electron chi connectivity index (χ1n) is 5.53. The number of rotatable bonds is 7. The quantitative estimate of drug-likeness (QED) is 0.594. The molecule has 0 spiro atoms. The van der Waals surface area contributed by atoms with Crippen LogP contribution in [0.1, 0.15) is 0 Å². The second kappa shape index (κ2) is 6.83. The fraction of sp³-hybridized carbons (Fsp3) is 0.400. The molecule has 0 amide bonds. The third-order valence-electron chi connectivity index (χ3n) is 2.44. The van der Waals surface area contributed by atoms with Crippen LogP contribution in [0.4, 0.5) is 18.9 Å². The summed E-state index contributed by atoms with van der Waals surface area (Å²) in [4.78, 5) is 8.74. The van der Waals surface area contributed by atoms with Crippen molar-refractivity contribution in [1.29, 1.82) is 0 Å². The normalized spacial score (nSPS) is 12.1. The summed E-state index contributed by atoms with van der Waals surface area (Å²) in [5, 5.41) is 19.3. The summed E-state index contributed by atoms with van der Waals surface area (Å²) in [6.45, 7) is -2.51. The van der Waals surface area contributed by atoms with E-state index in [1.54, 1.807) is 0 Å². The van der Waals surface area contributed by atoms with Gasteiger partial charge in [0.2, 0.25) is 15.8 Å². The number of hydrogen-bond donors (Lipinski definition) is 1. The molecule has 0 saturated carbocycles. The monoisotopic (exact) mass is 328 g/mol. The zero-order valence-electron chi connectivity index (χ0n) is 10.4. The van der Waals surface area contributed by atoms with E-state index in [0.29, 0.717) is 12.1 Å². The Balaban J connectivity index is 3.27. The Morgan fingerprint density at radius 2 is 2.00 bits per heavy atom. The highest BCUT2D eigenvalue weighted by atomic mass is 32.2. The molecule has 0 aliphatic carbocycles. The van der Waals surface area contributed by atoms with Crippen LogP contribution in [-0.2, 0) is 10.0 Å². The fourth-order valence-electron chi connectivity index (χ4n) is 1.52. The predicted molar refractivity (Wildman–Crippen MR) is 64.9 cm³/mol. The smallest absolute Gasteiger partial charge is 0.306 e. The molecular weight excluding hydrogens is 317 g/mol. The van der Waals surface area contributed by atoms with Crippen LogP contribution < -0.4 is 0 Å². The van der Waals surface area contributed by atoms with Gasteiger partial charge in [0.15, 0.2) is 0 Å². The largest absolute Gasteiger partial charge is 0.395 e. The first-order chi connectivity index (χ1) is 9.70. The van der Waals surface area contributed by atoms with Crippen LogP contribution >= 0.6 is 0 Å². The number of nitro groups is 1. The molecule has 0 aromatic heterocycles. The molecule has 21 heavy (non-hydrogen) atoms. The van der Waals surface area contributed by atoms with Crippen LogP contribution in [0.2, 0.25) is 0 Å². The molecule has 7 nitrogen and oxygen atoms in total. The lowest BCUT2D eigenvalue weighted by Crippen LogP contribution is -2.37. The number of alkyl halides is 2. The van der Waals surface area contributed by atoms with Gasteiger partial charge in [0.05, 0.1) is 23.0 Å². The molecule has 1 N–H and O–H groups in total. The molecule has 1 aromatic rings. The van der Waals surface area contributed by atoms with Crippen molar-refractivity contribution < 1.29 is 31.6 Å². The second-order valence-electron chi connectivity index (χ2n) is 3.85. The number of hydrogen-bond acceptors (Lipinski definition) is 5. The maximum absolute atomic E-state index is 13.2. The highest BCUT2D eigenvalue weighted by molar-refractivity contribution is 7.89. The van der Waals surface area contributed by atoms with E-state index in [-0.39, 0.29) is 4.31 Å². The molecule has 0 atom stereocenters. The number of halogens is 3. The molecule has 0 aliphatic rings. The van der Waals surface area contributed by atoms with E-state index in [9.17, 15) is 31.7 Å². The fourth-order valence-corrected chi connectivity index (χ4v) is 2.95. The molecule has 1 rings (SSSR count). The van der Waals surface area contributed by atoms with Gasteiger partial charge in [0, 0.05) is 12.6 Å². The van der Waals surface area contributed by atoms with Crippen molar-refractivity contribution in [2.45, 2.75) is 11.3 Å². The van der Waals surface area contributed by atoms with Gasteiger partial charge < -0.3 is 5.11 Å². The lowest BCUT2D eigenvalue weighted by molar-refractivity contribution is -0.387. The highest BCUT2D eigenvalue weighted by Crippen LogP contribution is 2.24. The Morgan fingerprint density at radius 3 is 2.48 bits per heavy atom. The highest BCUT2D eigenvalue weighted by Gasteiger charge is 2.29. The number of aliphatic hydroxyl groups is 1. The first-order valence-corrected chi connectivity index (χ1v) is 6.97. The SMILES string of the molecule is O=[N+]([O-])c1cc(S(=O)(=O)N(CCO)CC(F)F)ccc1F. The van der Waals surface area contributed by atoms with Crippen molar-refractivity contribution >= 4 is 15.7 Å². The number of aliphatic hydroxyl groups excluding tert-OH is 1. The van der Waals surface area contributed by atoms with Gasteiger partial charge in [-0.3, -0.25) is 10.1 Å². The number of nitrogens with zero attached hydrogens (tertiary/aromatic N) is 2. The van der Waals surface area contributed by atoms with Crippen molar-refractivity contribution in [3.63, 3.8) is 0 Å². The summed E-state index contributed by atoms with van der Waals surface area (Å²) in [5.74, 6) is -1.25. The van der Waals surface area contributed by atoms with Crippen LogP contribution in [0.3, 0.4) is 0 Å². The zero-order chi connectivity index (χ0) is 16.2. The van der Waals surface area contributed by atoms with Gasteiger partial charge >= 0.3 is 5.69 Å². The van der Waals surface area contributed by atoms with E-state index in [1.165, 1.54) is 0 Å². The number of nitro benzene ring substituents is 1. The number of benzene rings is 1. The molecule has 0 bridgehead atoms. The van der Waals surface area contributed by atoms with Crippen molar-refractivity contribution in [3.8, 4) is 0 Å². The van der Waals surface area contributed by atoms with E-state index in [4.69, 9.17) is 5.11 Å². The minimum atomic E-state index is -4.51. The molecule has 0 radical (unpaired) electrons. The van der Waals surface area contributed by atoms with Gasteiger partial charge in [0.1, 0.15) is 0 Å². The summed E-state index contributed by atoms with van der Waals surface area (Å²) in [6, 6.07) is 1.73. The second-order valence-corrected chi connectivity index (χ2v) is 5.79. The van der Waals surface area contributed by atoms with Crippen molar-refractivity contribution in [2.75, 3.05) is 19.7 Å². The Morgan fingerprint density at radius 1 is 1.38 bits per heavy atom. The van der Waals surface area contributed by atoms with E-state index >= 15 is 0 Å². The van der Waals surface area contributed by atoms with E-state index in [0.717, 1.165) is 6.07 Å². The van der Waals surface area contributed by atoms with Crippen LogP contribution in [-0.4, -0.2) is 48.9 Å². The Kier molecular flexibility index (Phi) is 5.63. The van der Waals surface area contributed by atoms with Crippen molar-refractivity contribution in [3.05, 3.63) is 34.1 Å². The molecule has 0 heterocycles. The van der Waals surface area contributed by atoms with Crippen LogP contribution in [0.25, 0.3) is 0 Å². The molecular formula is C10H11F3N2O5S. The van der Waals surface area contributed by atoms with Gasteiger partial charge in [-0.15, -0.1) is 0 Å².